The molecule has 0 aliphatic carbocycles. The largest absolute Gasteiger partial charge is 0.481 e. The van der Waals surface area contributed by atoms with Crippen LogP contribution < -0.4 is 4.74 Å². The minimum Gasteiger partial charge on any atom is -0.481 e. The van der Waals surface area contributed by atoms with Crippen molar-refractivity contribution >= 4 is 10.9 Å². The first kappa shape index (κ1) is 21.6. The van der Waals surface area contributed by atoms with Crippen LogP contribution in [0.25, 0.3) is 10.9 Å². The molecule has 0 spiro atoms. The van der Waals surface area contributed by atoms with E-state index in [2.05, 4.69) is 77.8 Å². The van der Waals surface area contributed by atoms with Crippen molar-refractivity contribution in [2.45, 2.75) is 38.5 Å². The molecular weight excluding hydrogens is 392 g/mol. The quantitative estimate of drug-likeness (QED) is 0.349. The van der Waals surface area contributed by atoms with E-state index in [1.807, 2.05) is 26.0 Å². The predicted molar refractivity (Wildman–Crippen MR) is 130 cm³/mol. The van der Waals surface area contributed by atoms with Gasteiger partial charge in [0.2, 0.25) is 5.88 Å². The number of rotatable bonds is 7. The highest BCUT2D eigenvalue weighted by Crippen LogP contribution is 2.31. The Morgan fingerprint density at radius 3 is 2.34 bits per heavy atom. The maximum Gasteiger partial charge on any atom is 0.216 e. The van der Waals surface area contributed by atoms with Crippen LogP contribution in [0.15, 0.2) is 78.9 Å². The molecule has 0 saturated heterocycles. The standard InChI is InChI=1S/C29H28N2O/c1-21-16-25-14-15-26(18-27(25)31-28(21)32-3)29(2,20-30)19-24-11-7-10-23(17-24)13-12-22-8-5-4-6-9-22/h4-11,14-18H,12-13,19H2,1-3H3. The molecule has 32 heavy (non-hydrogen) atoms. The van der Waals surface area contributed by atoms with Crippen molar-refractivity contribution in [3.05, 3.63) is 107 Å². The molecule has 3 aromatic carbocycles. The average molecular weight is 421 g/mol. The number of nitriles is 1. The van der Waals surface area contributed by atoms with Gasteiger partial charge in [0, 0.05) is 10.9 Å². The van der Waals surface area contributed by atoms with Gasteiger partial charge in [0.05, 0.1) is 24.1 Å². The molecule has 160 valence electrons. The highest BCUT2D eigenvalue weighted by molar-refractivity contribution is 5.81. The van der Waals surface area contributed by atoms with Gasteiger partial charge < -0.3 is 4.74 Å². The topological polar surface area (TPSA) is 45.9 Å². The molecule has 4 rings (SSSR count). The van der Waals surface area contributed by atoms with Crippen molar-refractivity contribution in [1.29, 1.82) is 5.26 Å². The Labute approximate surface area is 190 Å². The van der Waals surface area contributed by atoms with Gasteiger partial charge >= 0.3 is 0 Å². The lowest BCUT2D eigenvalue weighted by Gasteiger charge is -2.23. The summed E-state index contributed by atoms with van der Waals surface area (Å²) in [5.41, 5.74) is 5.99. The van der Waals surface area contributed by atoms with Gasteiger partial charge in [-0.3, -0.25) is 0 Å². The number of ether oxygens (including phenoxy) is 1. The average Bonchev–Trinajstić information content (AvgIpc) is 2.83. The third-order valence-corrected chi connectivity index (χ3v) is 6.13. The molecule has 3 heteroatoms. The summed E-state index contributed by atoms with van der Waals surface area (Å²) in [5, 5.41) is 11.2. The molecule has 1 atom stereocenters. The Morgan fingerprint density at radius 2 is 1.59 bits per heavy atom. The van der Waals surface area contributed by atoms with Crippen LogP contribution in [0.5, 0.6) is 5.88 Å². The fraction of sp³-hybridized carbons (Fsp3) is 0.241. The Bertz CT molecular complexity index is 1270. The summed E-state index contributed by atoms with van der Waals surface area (Å²) in [6.07, 6.45) is 2.65. The summed E-state index contributed by atoms with van der Waals surface area (Å²) in [6.45, 7) is 4.00. The van der Waals surface area contributed by atoms with E-state index in [9.17, 15) is 5.26 Å². The molecule has 1 heterocycles. The van der Waals surface area contributed by atoms with Crippen LogP contribution in [0.1, 0.15) is 34.7 Å². The van der Waals surface area contributed by atoms with Crippen molar-refractivity contribution in [1.82, 2.24) is 4.98 Å². The van der Waals surface area contributed by atoms with Gasteiger partial charge in [-0.1, -0.05) is 66.7 Å². The summed E-state index contributed by atoms with van der Waals surface area (Å²) in [4.78, 5) is 4.64. The molecule has 0 N–H and O–H groups in total. The van der Waals surface area contributed by atoms with Crippen LogP contribution in [0, 0.1) is 18.3 Å². The predicted octanol–water partition coefficient (Wildman–Crippen LogP) is 6.36. The van der Waals surface area contributed by atoms with Crippen LogP contribution in [0.3, 0.4) is 0 Å². The SMILES string of the molecule is COc1nc2cc(C(C)(C#N)Cc3cccc(CCc4ccccc4)c3)ccc2cc1C. The number of hydrogen-bond acceptors (Lipinski definition) is 3. The molecule has 0 bridgehead atoms. The second-order valence-electron chi connectivity index (χ2n) is 8.65. The zero-order valence-electron chi connectivity index (χ0n) is 18.9. The number of pyridine rings is 1. The number of aromatic nitrogens is 1. The van der Waals surface area contributed by atoms with E-state index >= 15 is 0 Å². The van der Waals surface area contributed by atoms with Gasteiger partial charge in [-0.25, -0.2) is 4.98 Å². The third kappa shape index (κ3) is 4.65. The molecule has 0 fully saturated rings. The smallest absolute Gasteiger partial charge is 0.216 e. The minimum atomic E-state index is -0.647. The first-order valence-electron chi connectivity index (χ1n) is 11.0. The molecule has 0 saturated carbocycles. The van der Waals surface area contributed by atoms with Crippen molar-refractivity contribution in [2.75, 3.05) is 7.11 Å². The minimum absolute atomic E-state index is 0.624. The van der Waals surface area contributed by atoms with Gasteiger partial charge in [-0.05, 0) is 67.5 Å². The first-order valence-corrected chi connectivity index (χ1v) is 11.0. The van der Waals surface area contributed by atoms with Gasteiger partial charge in [0.15, 0.2) is 0 Å². The third-order valence-electron chi connectivity index (χ3n) is 6.13. The van der Waals surface area contributed by atoms with Crippen LogP contribution in [0.2, 0.25) is 0 Å². The monoisotopic (exact) mass is 420 g/mol. The summed E-state index contributed by atoms with van der Waals surface area (Å²) in [6, 6.07) is 30.0. The number of nitrogens with zero attached hydrogens (tertiary/aromatic N) is 2. The van der Waals surface area contributed by atoms with Crippen molar-refractivity contribution < 1.29 is 4.74 Å². The normalized spacial score (nSPS) is 12.8. The van der Waals surface area contributed by atoms with E-state index in [0.717, 1.165) is 34.9 Å². The fourth-order valence-corrected chi connectivity index (χ4v) is 4.25. The van der Waals surface area contributed by atoms with Crippen molar-refractivity contribution in [3.8, 4) is 11.9 Å². The second-order valence-corrected chi connectivity index (χ2v) is 8.65. The molecule has 0 radical (unpaired) electrons. The highest BCUT2D eigenvalue weighted by atomic mass is 16.5. The molecule has 0 aliphatic rings. The van der Waals surface area contributed by atoms with E-state index in [4.69, 9.17) is 4.74 Å². The summed E-state index contributed by atoms with van der Waals surface area (Å²) < 4.78 is 5.39. The van der Waals surface area contributed by atoms with E-state index in [-0.39, 0.29) is 0 Å². The van der Waals surface area contributed by atoms with Gasteiger partial charge in [0.1, 0.15) is 0 Å². The maximum atomic E-state index is 10.1. The zero-order valence-corrected chi connectivity index (χ0v) is 18.9. The van der Waals surface area contributed by atoms with E-state index in [1.54, 1.807) is 7.11 Å². The fourth-order valence-electron chi connectivity index (χ4n) is 4.25. The lowest BCUT2D eigenvalue weighted by molar-refractivity contribution is 0.396. The Kier molecular flexibility index (Phi) is 6.23. The van der Waals surface area contributed by atoms with Crippen LogP contribution in [-0.4, -0.2) is 12.1 Å². The van der Waals surface area contributed by atoms with E-state index in [0.29, 0.717) is 12.3 Å². The summed E-state index contributed by atoms with van der Waals surface area (Å²) >= 11 is 0. The molecule has 1 aromatic heterocycles. The molecule has 0 aliphatic heterocycles. The number of aryl methyl sites for hydroxylation is 3. The van der Waals surface area contributed by atoms with Gasteiger partial charge in [-0.15, -0.1) is 0 Å². The molecule has 3 nitrogen and oxygen atoms in total. The second kappa shape index (κ2) is 9.24. The maximum absolute atomic E-state index is 10.1. The Hall–Kier alpha value is -3.64. The van der Waals surface area contributed by atoms with E-state index in [1.165, 1.54) is 16.7 Å². The van der Waals surface area contributed by atoms with Crippen molar-refractivity contribution in [3.63, 3.8) is 0 Å². The van der Waals surface area contributed by atoms with Crippen LogP contribution >= 0.6 is 0 Å². The zero-order chi connectivity index (χ0) is 22.6. The van der Waals surface area contributed by atoms with Crippen LogP contribution in [-0.2, 0) is 24.7 Å². The molecule has 0 amide bonds. The van der Waals surface area contributed by atoms with E-state index < -0.39 is 5.41 Å². The number of benzene rings is 3. The molecule has 4 aromatic rings. The highest BCUT2D eigenvalue weighted by Gasteiger charge is 2.27. The number of hydrogen-bond donors (Lipinski definition) is 0. The molecule has 1 unspecified atom stereocenters. The van der Waals surface area contributed by atoms with Gasteiger partial charge in [0.25, 0.3) is 0 Å². The first-order chi connectivity index (χ1) is 15.5. The molecular formula is C29H28N2O. The van der Waals surface area contributed by atoms with Gasteiger partial charge in [-0.2, -0.15) is 5.26 Å². The Balaban J connectivity index is 1.58. The lowest BCUT2D eigenvalue weighted by Crippen LogP contribution is -2.23. The summed E-state index contributed by atoms with van der Waals surface area (Å²) in [7, 11) is 1.63. The number of methoxy groups -OCH3 is 1. The number of fused-ring (bicyclic) bond motifs is 1. The Morgan fingerprint density at radius 1 is 0.875 bits per heavy atom. The van der Waals surface area contributed by atoms with Crippen LogP contribution in [0.4, 0.5) is 0 Å². The lowest BCUT2D eigenvalue weighted by atomic mass is 9.78. The van der Waals surface area contributed by atoms with Crippen molar-refractivity contribution in [2.24, 2.45) is 0 Å². The summed E-state index contributed by atoms with van der Waals surface area (Å²) in [5.74, 6) is 0.624.